The molecular weight excluding hydrogens is 225 g/mol. The molecule has 0 aromatic carbocycles. The second-order valence-electron chi connectivity index (χ2n) is 3.05. The van der Waals surface area contributed by atoms with E-state index in [1.807, 2.05) is 0 Å². The van der Waals surface area contributed by atoms with Crippen LogP contribution in [0.1, 0.15) is 23.2 Å². The van der Waals surface area contributed by atoms with Crippen LogP contribution in [0, 0.1) is 5.95 Å². The number of carbonyl (C=O) groups is 1. The van der Waals surface area contributed by atoms with Crippen LogP contribution in [0.5, 0.6) is 0 Å². The molecule has 0 atom stereocenters. The normalized spacial score (nSPS) is 10.8. The molecule has 1 aromatic rings. The maximum absolute atomic E-state index is 13.2. The van der Waals surface area contributed by atoms with Crippen molar-refractivity contribution in [1.82, 2.24) is 4.98 Å². The van der Waals surface area contributed by atoms with E-state index >= 15 is 0 Å². The fourth-order valence-electron chi connectivity index (χ4n) is 1.27. The Morgan fingerprint density at radius 2 is 2.19 bits per heavy atom. The van der Waals surface area contributed by atoms with Gasteiger partial charge < -0.3 is 10.8 Å². The number of aliphatic carboxylic acids is 1. The Morgan fingerprint density at radius 3 is 2.62 bits per heavy atom. The Kier molecular flexibility index (Phi) is 3.83. The average molecular weight is 234 g/mol. The summed E-state index contributed by atoms with van der Waals surface area (Å²) in [4.78, 5) is 13.7. The van der Waals surface area contributed by atoms with Gasteiger partial charge in [-0.05, 0) is 11.6 Å². The molecule has 0 unspecified atom stereocenters. The maximum atomic E-state index is 13.2. The maximum Gasteiger partial charge on any atom is 0.307 e. The number of pyridine rings is 1. The summed E-state index contributed by atoms with van der Waals surface area (Å²) in [6.45, 7) is -0.146. The standard InChI is InChI=1S/C9H9F3N2O2/c10-8(11)7-4(2-6(15)16)1-5(3-13)14-9(7)12/h1,8H,2-3,13H2,(H,15,16). The van der Waals surface area contributed by atoms with Crippen molar-refractivity contribution >= 4 is 5.97 Å². The van der Waals surface area contributed by atoms with Crippen molar-refractivity contribution in [3.05, 3.63) is 28.8 Å². The fraction of sp³-hybridized carbons (Fsp3) is 0.333. The van der Waals surface area contributed by atoms with Gasteiger partial charge in [-0.2, -0.15) is 4.39 Å². The first-order valence-corrected chi connectivity index (χ1v) is 4.34. The molecule has 0 saturated carbocycles. The van der Waals surface area contributed by atoms with Crippen LogP contribution < -0.4 is 5.73 Å². The van der Waals surface area contributed by atoms with E-state index in [0.717, 1.165) is 6.07 Å². The Morgan fingerprint density at radius 1 is 1.56 bits per heavy atom. The smallest absolute Gasteiger partial charge is 0.307 e. The fourth-order valence-corrected chi connectivity index (χ4v) is 1.27. The highest BCUT2D eigenvalue weighted by atomic mass is 19.3. The lowest BCUT2D eigenvalue weighted by atomic mass is 10.1. The van der Waals surface area contributed by atoms with Crippen LogP contribution in [0.25, 0.3) is 0 Å². The summed E-state index contributed by atoms with van der Waals surface area (Å²) in [6.07, 6.45) is -3.79. The summed E-state index contributed by atoms with van der Waals surface area (Å²) in [7, 11) is 0. The van der Waals surface area contributed by atoms with E-state index in [9.17, 15) is 18.0 Å². The minimum Gasteiger partial charge on any atom is -0.481 e. The highest BCUT2D eigenvalue weighted by Gasteiger charge is 2.22. The van der Waals surface area contributed by atoms with Gasteiger partial charge in [-0.1, -0.05) is 0 Å². The van der Waals surface area contributed by atoms with Crippen molar-refractivity contribution in [1.29, 1.82) is 0 Å². The molecule has 1 heterocycles. The molecule has 0 saturated heterocycles. The van der Waals surface area contributed by atoms with E-state index in [-0.39, 0.29) is 17.8 Å². The molecule has 4 nitrogen and oxygen atoms in total. The Labute approximate surface area is 88.9 Å². The number of hydrogen-bond acceptors (Lipinski definition) is 3. The monoisotopic (exact) mass is 234 g/mol. The SMILES string of the molecule is NCc1cc(CC(=O)O)c(C(F)F)c(F)n1. The van der Waals surface area contributed by atoms with Gasteiger partial charge in [0, 0.05) is 6.54 Å². The number of halogens is 3. The number of hydrogen-bond donors (Lipinski definition) is 2. The molecule has 7 heteroatoms. The lowest BCUT2D eigenvalue weighted by molar-refractivity contribution is -0.136. The van der Waals surface area contributed by atoms with E-state index in [1.54, 1.807) is 0 Å². The van der Waals surface area contributed by atoms with Gasteiger partial charge >= 0.3 is 5.97 Å². The molecule has 0 spiro atoms. The summed E-state index contributed by atoms with van der Waals surface area (Å²) in [6, 6.07) is 1.08. The van der Waals surface area contributed by atoms with Crippen LogP contribution in [-0.4, -0.2) is 16.1 Å². The highest BCUT2D eigenvalue weighted by molar-refractivity contribution is 5.70. The summed E-state index contributed by atoms with van der Waals surface area (Å²) in [5, 5.41) is 8.51. The molecule has 0 aliphatic carbocycles. The van der Waals surface area contributed by atoms with Crippen LogP contribution in [-0.2, 0) is 17.8 Å². The van der Waals surface area contributed by atoms with Gasteiger partial charge in [0.2, 0.25) is 5.95 Å². The Balaban J connectivity index is 3.28. The molecule has 0 radical (unpaired) electrons. The van der Waals surface area contributed by atoms with Gasteiger partial charge in [0.25, 0.3) is 6.43 Å². The molecule has 16 heavy (non-hydrogen) atoms. The van der Waals surface area contributed by atoms with Gasteiger partial charge in [-0.3, -0.25) is 4.79 Å². The zero-order valence-corrected chi connectivity index (χ0v) is 8.08. The van der Waals surface area contributed by atoms with Crippen LogP contribution in [0.15, 0.2) is 6.07 Å². The van der Waals surface area contributed by atoms with Crippen LogP contribution in [0.2, 0.25) is 0 Å². The molecule has 0 fully saturated rings. The van der Waals surface area contributed by atoms with Crippen molar-refractivity contribution in [2.24, 2.45) is 5.73 Å². The molecule has 0 amide bonds. The zero-order chi connectivity index (χ0) is 12.3. The molecule has 0 aliphatic heterocycles. The van der Waals surface area contributed by atoms with Crippen molar-refractivity contribution < 1.29 is 23.1 Å². The van der Waals surface area contributed by atoms with E-state index < -0.39 is 30.3 Å². The second-order valence-corrected chi connectivity index (χ2v) is 3.05. The van der Waals surface area contributed by atoms with Crippen molar-refractivity contribution in [3.63, 3.8) is 0 Å². The third-order valence-corrected chi connectivity index (χ3v) is 1.92. The number of nitrogens with zero attached hydrogens (tertiary/aromatic N) is 1. The van der Waals surface area contributed by atoms with Gasteiger partial charge in [-0.15, -0.1) is 0 Å². The molecule has 1 rings (SSSR count). The van der Waals surface area contributed by atoms with Gasteiger partial charge in [0.05, 0.1) is 17.7 Å². The largest absolute Gasteiger partial charge is 0.481 e. The third kappa shape index (κ3) is 2.69. The number of carboxylic acids is 1. The first-order chi connectivity index (χ1) is 7.45. The lowest BCUT2D eigenvalue weighted by Gasteiger charge is -2.09. The molecular formula is C9H9F3N2O2. The van der Waals surface area contributed by atoms with E-state index in [0.29, 0.717) is 0 Å². The summed E-state index contributed by atoms with van der Waals surface area (Å²) in [5.41, 5.74) is 3.95. The number of aromatic nitrogens is 1. The number of carboxylic acid groups (broad SMARTS) is 1. The van der Waals surface area contributed by atoms with Crippen LogP contribution >= 0.6 is 0 Å². The van der Waals surface area contributed by atoms with E-state index in [4.69, 9.17) is 10.8 Å². The second kappa shape index (κ2) is 4.93. The summed E-state index contributed by atoms with van der Waals surface area (Å²) >= 11 is 0. The quantitative estimate of drug-likeness (QED) is 0.768. The lowest BCUT2D eigenvalue weighted by Crippen LogP contribution is -2.11. The van der Waals surface area contributed by atoms with E-state index in [2.05, 4.69) is 4.98 Å². The van der Waals surface area contributed by atoms with Gasteiger partial charge in [0.1, 0.15) is 0 Å². The Hall–Kier alpha value is -1.63. The number of rotatable bonds is 4. The molecule has 0 bridgehead atoms. The van der Waals surface area contributed by atoms with Crippen LogP contribution in [0.4, 0.5) is 13.2 Å². The minimum absolute atomic E-state index is 0.0400. The molecule has 3 N–H and O–H groups in total. The summed E-state index contributed by atoms with van der Waals surface area (Å²) in [5.74, 6) is -2.69. The van der Waals surface area contributed by atoms with Crippen molar-refractivity contribution in [2.45, 2.75) is 19.4 Å². The highest BCUT2D eigenvalue weighted by Crippen LogP contribution is 2.26. The third-order valence-electron chi connectivity index (χ3n) is 1.92. The number of alkyl halides is 2. The van der Waals surface area contributed by atoms with Crippen LogP contribution in [0.3, 0.4) is 0 Å². The average Bonchev–Trinajstić information content (AvgIpc) is 2.14. The molecule has 1 aromatic heterocycles. The van der Waals surface area contributed by atoms with E-state index in [1.165, 1.54) is 0 Å². The first-order valence-electron chi connectivity index (χ1n) is 4.34. The van der Waals surface area contributed by atoms with Gasteiger partial charge in [-0.25, -0.2) is 13.8 Å². The molecule has 88 valence electrons. The zero-order valence-electron chi connectivity index (χ0n) is 8.08. The predicted molar refractivity (Wildman–Crippen MR) is 48.4 cm³/mol. The van der Waals surface area contributed by atoms with Crippen molar-refractivity contribution in [3.8, 4) is 0 Å². The predicted octanol–water partition coefficient (Wildman–Crippen LogP) is 1.24. The summed E-state index contributed by atoms with van der Waals surface area (Å²) < 4.78 is 38.1. The number of nitrogens with two attached hydrogens (primary N) is 1. The van der Waals surface area contributed by atoms with Gasteiger partial charge in [0.15, 0.2) is 0 Å². The first kappa shape index (κ1) is 12.4. The molecule has 0 aliphatic rings. The minimum atomic E-state index is -3.10. The topological polar surface area (TPSA) is 76.2 Å². The van der Waals surface area contributed by atoms with Crippen molar-refractivity contribution in [2.75, 3.05) is 0 Å². The Bertz CT molecular complexity index is 410.